The molecule has 0 bridgehead atoms. The van der Waals surface area contributed by atoms with E-state index >= 15 is 0 Å². The number of fused-ring (bicyclic) bond motifs is 2. The van der Waals surface area contributed by atoms with Crippen LogP contribution in [-0.2, 0) is 25.7 Å². The highest BCUT2D eigenvalue weighted by Gasteiger charge is 2.27. The zero-order valence-corrected chi connectivity index (χ0v) is 24.0. The summed E-state index contributed by atoms with van der Waals surface area (Å²) in [6.45, 7) is 0. The van der Waals surface area contributed by atoms with Crippen molar-refractivity contribution >= 4 is 56.3 Å². The highest BCUT2D eigenvalue weighted by atomic mass is 32.1. The standard InChI is InChI=1S/C30H34N4O4S2/c31-25(35)23-19-13-5-1-3-7-15-21(19)39-29(23)33-27(37)17-11-9-10-12-18(17)28(38)34-30-24(26(32)36)20-14-6-2-4-8-16-22(20)40-30/h9-12H,1-8,13-16H2,(H2,31,35)(H2,32,36)(H,33,37)(H,34,38). The molecule has 0 aliphatic heterocycles. The van der Waals surface area contributed by atoms with Crippen LogP contribution in [0.25, 0.3) is 0 Å². The SMILES string of the molecule is NC(=O)c1c(NC(=O)c2ccccc2C(=O)Nc2sc3c(c2C(N)=O)CCCCCC3)sc2c1CCCCCC2. The second-order valence-electron chi connectivity index (χ2n) is 10.4. The Bertz CT molecular complexity index is 1360. The number of benzene rings is 1. The van der Waals surface area contributed by atoms with E-state index < -0.39 is 23.6 Å². The lowest BCUT2D eigenvalue weighted by atomic mass is 9.96. The molecule has 40 heavy (non-hydrogen) atoms. The molecule has 2 aliphatic carbocycles. The summed E-state index contributed by atoms with van der Waals surface area (Å²) >= 11 is 2.79. The van der Waals surface area contributed by atoms with E-state index in [2.05, 4.69) is 10.6 Å². The largest absolute Gasteiger partial charge is 0.365 e. The lowest BCUT2D eigenvalue weighted by Crippen LogP contribution is -2.22. The van der Waals surface area contributed by atoms with Crippen LogP contribution >= 0.6 is 22.7 Å². The number of anilines is 2. The van der Waals surface area contributed by atoms with Gasteiger partial charge in [0.15, 0.2) is 0 Å². The molecule has 10 heteroatoms. The van der Waals surface area contributed by atoms with Crippen LogP contribution in [0.5, 0.6) is 0 Å². The van der Waals surface area contributed by atoms with Gasteiger partial charge in [0.2, 0.25) is 0 Å². The molecule has 1 aromatic carbocycles. The minimum absolute atomic E-state index is 0.159. The van der Waals surface area contributed by atoms with Crippen molar-refractivity contribution in [1.82, 2.24) is 0 Å². The number of aryl methyl sites for hydroxylation is 2. The van der Waals surface area contributed by atoms with Crippen LogP contribution in [0.3, 0.4) is 0 Å². The van der Waals surface area contributed by atoms with Crippen LogP contribution in [0, 0.1) is 0 Å². The predicted octanol–water partition coefficient (Wildman–Crippen LogP) is 5.83. The number of carbonyl (C=O) groups excluding carboxylic acids is 4. The Hall–Kier alpha value is -3.50. The van der Waals surface area contributed by atoms with E-state index in [1.165, 1.54) is 22.7 Å². The fraction of sp³-hybridized carbons (Fsp3) is 0.400. The molecule has 0 unspecified atom stereocenters. The molecule has 6 N–H and O–H groups in total. The maximum atomic E-state index is 13.5. The van der Waals surface area contributed by atoms with Crippen molar-refractivity contribution in [3.63, 3.8) is 0 Å². The van der Waals surface area contributed by atoms with Gasteiger partial charge in [0.05, 0.1) is 22.3 Å². The fourth-order valence-electron chi connectivity index (χ4n) is 5.76. The first-order chi connectivity index (χ1) is 19.3. The van der Waals surface area contributed by atoms with Crippen molar-refractivity contribution in [2.24, 2.45) is 11.5 Å². The number of hydrogen-bond acceptors (Lipinski definition) is 6. The lowest BCUT2D eigenvalue weighted by molar-refractivity contribution is 0.0984. The van der Waals surface area contributed by atoms with Crippen LogP contribution in [0.15, 0.2) is 24.3 Å². The number of nitrogens with one attached hydrogen (secondary N) is 2. The number of nitrogens with two attached hydrogens (primary N) is 2. The first-order valence-electron chi connectivity index (χ1n) is 14.0. The summed E-state index contributed by atoms with van der Waals surface area (Å²) in [4.78, 5) is 54.1. The van der Waals surface area contributed by atoms with Crippen LogP contribution in [0.4, 0.5) is 10.0 Å². The van der Waals surface area contributed by atoms with Crippen molar-refractivity contribution in [1.29, 1.82) is 0 Å². The van der Waals surface area contributed by atoms with Crippen molar-refractivity contribution in [2.75, 3.05) is 10.6 Å². The molecular weight excluding hydrogens is 544 g/mol. The molecule has 8 nitrogen and oxygen atoms in total. The second kappa shape index (κ2) is 12.3. The third kappa shape index (κ3) is 5.83. The van der Waals surface area contributed by atoms with Crippen molar-refractivity contribution in [2.45, 2.75) is 77.0 Å². The van der Waals surface area contributed by atoms with Gasteiger partial charge < -0.3 is 22.1 Å². The van der Waals surface area contributed by atoms with Crippen LogP contribution in [0.1, 0.15) is 114 Å². The van der Waals surface area contributed by atoms with Gasteiger partial charge in [-0.15, -0.1) is 22.7 Å². The molecule has 2 heterocycles. The quantitative estimate of drug-likeness (QED) is 0.292. The van der Waals surface area contributed by atoms with Gasteiger partial charge in [-0.1, -0.05) is 37.8 Å². The van der Waals surface area contributed by atoms with Crippen LogP contribution in [-0.4, -0.2) is 23.6 Å². The van der Waals surface area contributed by atoms with Gasteiger partial charge >= 0.3 is 0 Å². The minimum atomic E-state index is -0.563. The van der Waals surface area contributed by atoms with Gasteiger partial charge in [-0.25, -0.2) is 0 Å². The van der Waals surface area contributed by atoms with E-state index in [-0.39, 0.29) is 11.1 Å². The van der Waals surface area contributed by atoms with Gasteiger partial charge in [-0.05, 0) is 74.6 Å². The monoisotopic (exact) mass is 578 g/mol. The maximum Gasteiger partial charge on any atom is 0.257 e. The lowest BCUT2D eigenvalue weighted by Gasteiger charge is -2.12. The molecule has 2 aliphatic rings. The summed E-state index contributed by atoms with van der Waals surface area (Å²) in [6.07, 6.45) is 11.7. The number of primary amides is 2. The third-order valence-corrected chi connectivity index (χ3v) is 10.1. The predicted molar refractivity (Wildman–Crippen MR) is 160 cm³/mol. The first kappa shape index (κ1) is 28.0. The Kier molecular flexibility index (Phi) is 8.66. The fourth-order valence-corrected chi connectivity index (χ4v) is 8.34. The van der Waals surface area contributed by atoms with Crippen molar-refractivity contribution in [3.8, 4) is 0 Å². The van der Waals surface area contributed by atoms with Gasteiger partial charge in [0, 0.05) is 9.75 Å². The van der Waals surface area contributed by atoms with Gasteiger partial charge in [0.1, 0.15) is 10.0 Å². The maximum absolute atomic E-state index is 13.5. The molecule has 0 saturated heterocycles. The van der Waals surface area contributed by atoms with E-state index in [0.717, 1.165) is 97.9 Å². The Balaban J connectivity index is 1.43. The van der Waals surface area contributed by atoms with E-state index in [1.807, 2.05) is 0 Å². The Morgan fingerprint density at radius 1 is 0.575 bits per heavy atom. The van der Waals surface area contributed by atoms with Crippen LogP contribution in [0.2, 0.25) is 0 Å². The molecule has 4 amide bonds. The summed E-state index contributed by atoms with van der Waals surface area (Å²) in [5.74, 6) is -2.13. The molecule has 210 valence electrons. The summed E-state index contributed by atoms with van der Waals surface area (Å²) < 4.78 is 0. The third-order valence-electron chi connectivity index (χ3n) is 7.71. The topological polar surface area (TPSA) is 144 Å². The zero-order valence-electron chi connectivity index (χ0n) is 22.4. The number of hydrogen-bond donors (Lipinski definition) is 4. The second-order valence-corrected chi connectivity index (χ2v) is 12.6. The van der Waals surface area contributed by atoms with E-state index in [1.54, 1.807) is 24.3 Å². The van der Waals surface area contributed by atoms with E-state index in [0.29, 0.717) is 21.1 Å². The van der Waals surface area contributed by atoms with Crippen molar-refractivity contribution < 1.29 is 19.2 Å². The molecule has 0 spiro atoms. The van der Waals surface area contributed by atoms with E-state index in [9.17, 15) is 19.2 Å². The van der Waals surface area contributed by atoms with E-state index in [4.69, 9.17) is 11.5 Å². The Morgan fingerprint density at radius 2 is 0.950 bits per heavy atom. The molecule has 0 fully saturated rings. The molecular formula is C30H34N4O4S2. The first-order valence-corrected chi connectivity index (χ1v) is 15.6. The van der Waals surface area contributed by atoms with Gasteiger partial charge in [-0.2, -0.15) is 0 Å². The average Bonchev–Trinajstić information content (AvgIpc) is 3.40. The smallest absolute Gasteiger partial charge is 0.257 e. The molecule has 5 rings (SSSR count). The number of amides is 4. The van der Waals surface area contributed by atoms with Gasteiger partial charge in [-0.3, -0.25) is 19.2 Å². The Labute approximate surface area is 241 Å². The van der Waals surface area contributed by atoms with Crippen LogP contribution < -0.4 is 22.1 Å². The minimum Gasteiger partial charge on any atom is -0.365 e. The summed E-state index contributed by atoms with van der Waals surface area (Å²) in [7, 11) is 0. The summed E-state index contributed by atoms with van der Waals surface area (Å²) in [5, 5.41) is 6.60. The average molecular weight is 579 g/mol. The summed E-state index contributed by atoms with van der Waals surface area (Å²) in [6, 6.07) is 6.50. The number of thiophene rings is 2. The number of rotatable bonds is 6. The summed E-state index contributed by atoms with van der Waals surface area (Å²) in [5.41, 5.74) is 14.5. The molecule has 0 radical (unpaired) electrons. The van der Waals surface area contributed by atoms with Gasteiger partial charge in [0.25, 0.3) is 23.6 Å². The molecule has 0 atom stereocenters. The highest BCUT2D eigenvalue weighted by molar-refractivity contribution is 7.17. The zero-order chi connectivity index (χ0) is 28.2. The highest BCUT2D eigenvalue weighted by Crippen LogP contribution is 2.38. The molecule has 2 aromatic heterocycles. The normalized spacial score (nSPS) is 15.4. The Morgan fingerprint density at radius 3 is 1.32 bits per heavy atom. The molecule has 3 aromatic rings. The van der Waals surface area contributed by atoms with Crippen molar-refractivity contribution in [3.05, 3.63) is 67.4 Å². The molecule has 0 saturated carbocycles. The number of carbonyl (C=O) groups is 4.